The summed E-state index contributed by atoms with van der Waals surface area (Å²) in [6, 6.07) is 35.0. The Morgan fingerprint density at radius 1 is 0.595 bits per heavy atom. The summed E-state index contributed by atoms with van der Waals surface area (Å²) < 4.78 is 0. The van der Waals surface area contributed by atoms with Crippen molar-refractivity contribution in [3.05, 3.63) is 158 Å². The molecule has 0 saturated carbocycles. The van der Waals surface area contributed by atoms with Gasteiger partial charge in [-0.05, 0) is 74.1 Å². The molecule has 0 N–H and O–H groups in total. The molecule has 5 aromatic rings. The molecule has 0 unspecified atom stereocenters. The van der Waals surface area contributed by atoms with Gasteiger partial charge < -0.3 is 0 Å². The molecule has 1 aromatic heterocycles. The van der Waals surface area contributed by atoms with E-state index < -0.39 is 0 Å². The molecule has 210 valence electrons. The fourth-order valence-corrected chi connectivity index (χ4v) is 5.65. The summed E-state index contributed by atoms with van der Waals surface area (Å²) in [5.74, 6) is 0.331. The Hall–Kier alpha value is -4.34. The van der Waals surface area contributed by atoms with Crippen molar-refractivity contribution in [2.75, 3.05) is 0 Å². The molecule has 3 nitrogen and oxygen atoms in total. The molecule has 0 fully saturated rings. The van der Waals surface area contributed by atoms with Crippen LogP contribution in [0.2, 0.25) is 5.02 Å². The van der Waals surface area contributed by atoms with Crippen LogP contribution in [0.25, 0.3) is 0 Å². The van der Waals surface area contributed by atoms with Gasteiger partial charge in [0.05, 0.1) is 39.2 Å². The highest BCUT2D eigenvalue weighted by atomic mass is 35.5. The number of hydrogen-bond donors (Lipinski definition) is 0. The average molecular weight is 570 g/mol. The van der Waals surface area contributed by atoms with Crippen LogP contribution >= 0.6 is 11.6 Å². The summed E-state index contributed by atoms with van der Waals surface area (Å²) in [6.45, 7) is 12.8. The van der Waals surface area contributed by atoms with Crippen molar-refractivity contribution < 1.29 is 0 Å². The van der Waals surface area contributed by atoms with Crippen LogP contribution in [0.3, 0.4) is 0 Å². The summed E-state index contributed by atoms with van der Waals surface area (Å²) in [7, 11) is 0. The van der Waals surface area contributed by atoms with E-state index in [1.54, 1.807) is 0 Å². The van der Waals surface area contributed by atoms with E-state index in [0.29, 0.717) is 10.9 Å². The summed E-state index contributed by atoms with van der Waals surface area (Å²) in [5.41, 5.74) is 12.6. The molecule has 4 aromatic carbocycles. The van der Waals surface area contributed by atoms with Gasteiger partial charge in [-0.15, -0.1) is 0 Å². The van der Waals surface area contributed by atoms with Crippen molar-refractivity contribution in [3.63, 3.8) is 0 Å². The lowest BCUT2D eigenvalue weighted by molar-refractivity contribution is 0.863. The topological polar surface area (TPSA) is 37.6 Å². The predicted molar refractivity (Wildman–Crippen MR) is 179 cm³/mol. The first-order valence-electron chi connectivity index (χ1n) is 14.3. The normalized spacial score (nSPS) is 12.2. The number of aromatic nitrogens is 1. The Kier molecular flexibility index (Phi) is 8.80. The van der Waals surface area contributed by atoms with E-state index in [-0.39, 0.29) is 0 Å². The molecular formula is C38H36ClN3. The van der Waals surface area contributed by atoms with Crippen LogP contribution in [0.4, 0.5) is 11.4 Å². The van der Waals surface area contributed by atoms with Crippen molar-refractivity contribution in [2.45, 2.75) is 47.5 Å². The molecule has 0 radical (unpaired) electrons. The van der Waals surface area contributed by atoms with Crippen molar-refractivity contribution in [2.24, 2.45) is 9.98 Å². The van der Waals surface area contributed by atoms with Gasteiger partial charge in [-0.1, -0.05) is 116 Å². The first kappa shape index (κ1) is 29.2. The zero-order valence-corrected chi connectivity index (χ0v) is 25.9. The lowest BCUT2D eigenvalue weighted by atomic mass is 9.95. The first-order valence-corrected chi connectivity index (χ1v) is 14.7. The summed E-state index contributed by atoms with van der Waals surface area (Å²) >= 11 is 6.73. The van der Waals surface area contributed by atoms with E-state index in [1.807, 2.05) is 74.5 Å². The fraction of sp³-hybridized carbons (Fsp3) is 0.184. The molecule has 5 rings (SSSR count). The Balaban J connectivity index is 1.74. The van der Waals surface area contributed by atoms with Crippen molar-refractivity contribution in [3.8, 4) is 0 Å². The third-order valence-corrected chi connectivity index (χ3v) is 7.56. The zero-order chi connectivity index (χ0) is 29.8. The second-order valence-corrected chi connectivity index (χ2v) is 11.6. The lowest BCUT2D eigenvalue weighted by Gasteiger charge is -2.16. The monoisotopic (exact) mass is 569 g/mol. The number of pyridine rings is 1. The number of halogens is 1. The minimum atomic E-state index is 0.331. The number of hydrogen-bond acceptors (Lipinski definition) is 3. The van der Waals surface area contributed by atoms with Crippen molar-refractivity contribution >= 4 is 34.4 Å². The van der Waals surface area contributed by atoms with Gasteiger partial charge in [0.1, 0.15) is 0 Å². The second kappa shape index (κ2) is 12.7. The van der Waals surface area contributed by atoms with Gasteiger partial charge >= 0.3 is 0 Å². The van der Waals surface area contributed by atoms with Gasteiger partial charge in [0.25, 0.3) is 0 Å². The van der Waals surface area contributed by atoms with Crippen molar-refractivity contribution in [1.29, 1.82) is 0 Å². The van der Waals surface area contributed by atoms with E-state index in [1.165, 1.54) is 11.1 Å². The SMILES string of the molecule is Cc1cc(C)c(N=C(c2ccccc2)c2cccc(C(=Nc3c(C)cc(C)cc3C(C)C)c3ccccc3)n2)c(Cl)c1. The maximum atomic E-state index is 6.73. The Bertz CT molecular complexity index is 1760. The largest absolute Gasteiger partial charge is 0.246 e. The third-order valence-electron chi connectivity index (χ3n) is 7.27. The van der Waals surface area contributed by atoms with Gasteiger partial charge in [0, 0.05) is 11.1 Å². The quantitative estimate of drug-likeness (QED) is 0.180. The molecule has 1 heterocycles. The van der Waals surface area contributed by atoms with Crippen LogP contribution in [0.1, 0.15) is 70.1 Å². The van der Waals surface area contributed by atoms with Crippen LogP contribution in [0.5, 0.6) is 0 Å². The molecule has 4 heteroatoms. The summed E-state index contributed by atoms with van der Waals surface area (Å²) in [5, 5.41) is 0.625. The van der Waals surface area contributed by atoms with E-state index >= 15 is 0 Å². The zero-order valence-electron chi connectivity index (χ0n) is 25.1. The smallest absolute Gasteiger partial charge is 0.0966 e. The van der Waals surface area contributed by atoms with E-state index in [0.717, 1.165) is 62.0 Å². The minimum absolute atomic E-state index is 0.331. The van der Waals surface area contributed by atoms with Gasteiger partial charge in [0.2, 0.25) is 0 Å². The van der Waals surface area contributed by atoms with E-state index in [4.69, 9.17) is 26.6 Å². The highest BCUT2D eigenvalue weighted by Crippen LogP contribution is 2.34. The Morgan fingerprint density at radius 2 is 1.07 bits per heavy atom. The molecular weight excluding hydrogens is 534 g/mol. The summed E-state index contributed by atoms with van der Waals surface area (Å²) in [4.78, 5) is 15.7. The molecule has 0 amide bonds. The average Bonchev–Trinajstić information content (AvgIpc) is 2.97. The fourth-order valence-electron chi connectivity index (χ4n) is 5.29. The number of nitrogens with zero attached hydrogens (tertiary/aromatic N) is 3. The molecule has 0 spiro atoms. The Morgan fingerprint density at radius 3 is 1.57 bits per heavy atom. The molecule has 0 aliphatic rings. The number of aliphatic imine (C=N–C) groups is 2. The second-order valence-electron chi connectivity index (χ2n) is 11.1. The van der Waals surface area contributed by atoms with E-state index in [2.05, 4.69) is 70.2 Å². The maximum Gasteiger partial charge on any atom is 0.0966 e. The number of benzene rings is 4. The van der Waals surface area contributed by atoms with Crippen LogP contribution in [0, 0.1) is 27.7 Å². The van der Waals surface area contributed by atoms with Gasteiger partial charge in [-0.2, -0.15) is 0 Å². The standard InChI is InChI=1S/C38H36ClN3/c1-24(2)31-22-25(3)20-27(5)35(31)41-37(29-14-9-7-10-15-29)33-18-13-19-34(40-33)38(30-16-11-8-12-17-30)42-36-28(6)21-26(4)23-32(36)39/h7-24H,1-6H3. The van der Waals surface area contributed by atoms with Crippen LogP contribution < -0.4 is 0 Å². The third kappa shape index (κ3) is 6.42. The number of aryl methyl sites for hydroxylation is 4. The molecule has 0 aliphatic carbocycles. The molecule has 0 aliphatic heterocycles. The summed E-state index contributed by atoms with van der Waals surface area (Å²) in [6.07, 6.45) is 0. The van der Waals surface area contributed by atoms with Crippen LogP contribution in [0.15, 0.2) is 113 Å². The minimum Gasteiger partial charge on any atom is -0.246 e. The highest BCUT2D eigenvalue weighted by molar-refractivity contribution is 6.33. The molecule has 42 heavy (non-hydrogen) atoms. The molecule has 0 bridgehead atoms. The maximum absolute atomic E-state index is 6.73. The molecule has 0 atom stereocenters. The van der Waals surface area contributed by atoms with Gasteiger partial charge in [-0.25, -0.2) is 15.0 Å². The molecule has 0 saturated heterocycles. The van der Waals surface area contributed by atoms with Crippen LogP contribution in [-0.4, -0.2) is 16.4 Å². The lowest BCUT2D eigenvalue weighted by Crippen LogP contribution is -2.12. The van der Waals surface area contributed by atoms with Crippen molar-refractivity contribution in [1.82, 2.24) is 4.98 Å². The van der Waals surface area contributed by atoms with Gasteiger partial charge in [0.15, 0.2) is 0 Å². The predicted octanol–water partition coefficient (Wildman–Crippen LogP) is 10.4. The first-order chi connectivity index (χ1) is 20.2. The number of rotatable bonds is 7. The van der Waals surface area contributed by atoms with E-state index in [9.17, 15) is 0 Å². The highest BCUT2D eigenvalue weighted by Gasteiger charge is 2.17. The van der Waals surface area contributed by atoms with Crippen LogP contribution in [-0.2, 0) is 0 Å². The van der Waals surface area contributed by atoms with Gasteiger partial charge in [-0.3, -0.25) is 0 Å². The Labute approximate surface area is 254 Å².